The Morgan fingerprint density at radius 1 is 1.50 bits per heavy atom. The van der Waals surface area contributed by atoms with Gasteiger partial charge in [-0.1, -0.05) is 38.7 Å². The molecule has 20 heavy (non-hydrogen) atoms. The van der Waals surface area contributed by atoms with Crippen molar-refractivity contribution in [2.24, 2.45) is 16.4 Å². The summed E-state index contributed by atoms with van der Waals surface area (Å²) < 4.78 is 0. The molecule has 0 aliphatic heterocycles. The normalized spacial score (nSPS) is 26.9. The highest BCUT2D eigenvalue weighted by Crippen LogP contribution is 2.44. The van der Waals surface area contributed by atoms with E-state index in [1.165, 1.54) is 0 Å². The molecule has 0 amide bonds. The van der Waals surface area contributed by atoms with Gasteiger partial charge in [-0.3, -0.25) is 4.79 Å². The number of carboxylic acids is 1. The van der Waals surface area contributed by atoms with Crippen molar-refractivity contribution in [3.8, 4) is 0 Å². The minimum Gasteiger partial charge on any atom is -0.480 e. The number of nitrogens with one attached hydrogen (secondary N) is 1. The monoisotopic (exact) mass is 282 g/mol. The van der Waals surface area contributed by atoms with Crippen LogP contribution in [0.1, 0.15) is 52.9 Å². The lowest BCUT2D eigenvalue weighted by Gasteiger charge is -2.48. The Kier molecular flexibility index (Phi) is 5.84. The fourth-order valence-electron chi connectivity index (χ4n) is 3.39. The summed E-state index contributed by atoms with van der Waals surface area (Å²) in [6.45, 7) is 7.31. The van der Waals surface area contributed by atoms with Crippen LogP contribution in [0.2, 0.25) is 0 Å². The molecule has 1 aliphatic rings. The SMILES string of the molecule is CC(C)(C)C1CCCCC1(NCCCN=[N+]=[N-])C(=O)O. The first-order valence-electron chi connectivity index (χ1n) is 7.34. The van der Waals surface area contributed by atoms with Crippen molar-refractivity contribution < 1.29 is 9.90 Å². The van der Waals surface area contributed by atoms with Gasteiger partial charge in [0.25, 0.3) is 0 Å². The third-order valence-electron chi connectivity index (χ3n) is 4.27. The molecule has 1 saturated carbocycles. The van der Waals surface area contributed by atoms with E-state index < -0.39 is 11.5 Å². The molecule has 0 spiro atoms. The molecule has 1 fully saturated rings. The standard InChI is InChI=1S/C14H26N4O2/c1-13(2,3)11-7-4-5-8-14(11,12(19)20)16-9-6-10-17-18-15/h11,16H,4-10H2,1-3H3,(H,19,20). The summed E-state index contributed by atoms with van der Waals surface area (Å²) in [5.41, 5.74) is 7.36. The number of hydrogen-bond acceptors (Lipinski definition) is 3. The number of carbonyl (C=O) groups is 1. The first kappa shape index (κ1) is 16.8. The first-order chi connectivity index (χ1) is 9.34. The summed E-state index contributed by atoms with van der Waals surface area (Å²) in [6, 6.07) is 0. The van der Waals surface area contributed by atoms with E-state index in [4.69, 9.17) is 5.53 Å². The molecule has 0 radical (unpaired) electrons. The highest BCUT2D eigenvalue weighted by Gasteiger charge is 2.51. The average molecular weight is 282 g/mol. The van der Waals surface area contributed by atoms with Gasteiger partial charge in [0.05, 0.1) is 0 Å². The second-order valence-electron chi connectivity index (χ2n) is 6.68. The number of azide groups is 1. The Bertz CT molecular complexity index is 385. The molecular formula is C14H26N4O2. The fraction of sp³-hybridized carbons (Fsp3) is 0.929. The van der Waals surface area contributed by atoms with E-state index in [0.717, 1.165) is 19.3 Å². The van der Waals surface area contributed by atoms with Crippen molar-refractivity contribution >= 4 is 5.97 Å². The van der Waals surface area contributed by atoms with Crippen LogP contribution >= 0.6 is 0 Å². The maximum absolute atomic E-state index is 11.9. The molecule has 0 aromatic carbocycles. The van der Waals surface area contributed by atoms with E-state index in [0.29, 0.717) is 25.9 Å². The van der Waals surface area contributed by atoms with Gasteiger partial charge in [0.15, 0.2) is 0 Å². The van der Waals surface area contributed by atoms with E-state index in [1.807, 2.05) is 0 Å². The molecule has 0 saturated heterocycles. The summed E-state index contributed by atoms with van der Waals surface area (Å²) in [7, 11) is 0. The molecule has 0 aromatic rings. The number of aliphatic carboxylic acids is 1. The largest absolute Gasteiger partial charge is 0.480 e. The second kappa shape index (κ2) is 6.95. The summed E-state index contributed by atoms with van der Waals surface area (Å²) in [4.78, 5) is 14.6. The maximum atomic E-state index is 11.9. The first-order valence-corrected chi connectivity index (χ1v) is 7.34. The number of rotatable bonds is 6. The minimum atomic E-state index is -0.840. The zero-order valence-electron chi connectivity index (χ0n) is 12.7. The van der Waals surface area contributed by atoms with Gasteiger partial charge < -0.3 is 10.4 Å². The Balaban J connectivity index is 2.81. The van der Waals surface area contributed by atoms with E-state index in [-0.39, 0.29) is 11.3 Å². The van der Waals surface area contributed by atoms with Crippen LogP contribution in [0.4, 0.5) is 0 Å². The van der Waals surface area contributed by atoms with Gasteiger partial charge in [0.1, 0.15) is 5.54 Å². The molecule has 1 rings (SSSR count). The molecule has 114 valence electrons. The average Bonchev–Trinajstić information content (AvgIpc) is 2.37. The predicted octanol–water partition coefficient (Wildman–Crippen LogP) is 3.34. The topological polar surface area (TPSA) is 98.1 Å². The molecular weight excluding hydrogens is 256 g/mol. The highest BCUT2D eigenvalue weighted by molar-refractivity contribution is 5.79. The van der Waals surface area contributed by atoms with Gasteiger partial charge in [-0.2, -0.15) is 0 Å². The van der Waals surface area contributed by atoms with Gasteiger partial charge in [0, 0.05) is 11.5 Å². The second-order valence-corrected chi connectivity index (χ2v) is 6.68. The van der Waals surface area contributed by atoms with Crippen LogP contribution in [-0.2, 0) is 4.79 Å². The van der Waals surface area contributed by atoms with Crippen LogP contribution < -0.4 is 5.32 Å². The van der Waals surface area contributed by atoms with Crippen molar-refractivity contribution in [2.45, 2.75) is 58.4 Å². The molecule has 6 nitrogen and oxygen atoms in total. The van der Waals surface area contributed by atoms with Crippen molar-refractivity contribution in [1.82, 2.24) is 5.32 Å². The number of hydrogen-bond donors (Lipinski definition) is 2. The molecule has 0 bridgehead atoms. The summed E-state index contributed by atoms with van der Waals surface area (Å²) in [5.74, 6) is -0.637. The highest BCUT2D eigenvalue weighted by atomic mass is 16.4. The Hall–Kier alpha value is -1.26. The van der Waals surface area contributed by atoms with E-state index in [1.54, 1.807) is 0 Å². The summed E-state index contributed by atoms with van der Waals surface area (Å²) in [5, 5.41) is 16.5. The quantitative estimate of drug-likeness (QED) is 0.338. The third-order valence-corrected chi connectivity index (χ3v) is 4.27. The lowest BCUT2D eigenvalue weighted by atomic mass is 9.62. The summed E-state index contributed by atoms with van der Waals surface area (Å²) in [6.07, 6.45) is 4.32. The van der Waals surface area contributed by atoms with Gasteiger partial charge in [-0.15, -0.1) is 0 Å². The molecule has 1 aliphatic carbocycles. The van der Waals surface area contributed by atoms with Gasteiger partial charge in [-0.25, -0.2) is 0 Å². The van der Waals surface area contributed by atoms with E-state index in [2.05, 4.69) is 36.1 Å². The molecule has 0 aromatic heterocycles. The molecule has 0 heterocycles. The van der Waals surface area contributed by atoms with Crippen LogP contribution in [0, 0.1) is 11.3 Å². The number of carboxylic acid groups (broad SMARTS) is 1. The predicted molar refractivity (Wildman–Crippen MR) is 78.4 cm³/mol. The third kappa shape index (κ3) is 3.87. The molecule has 2 unspecified atom stereocenters. The Morgan fingerprint density at radius 3 is 2.75 bits per heavy atom. The van der Waals surface area contributed by atoms with Crippen molar-refractivity contribution in [3.63, 3.8) is 0 Å². The van der Waals surface area contributed by atoms with Crippen LogP contribution in [0.3, 0.4) is 0 Å². The van der Waals surface area contributed by atoms with Crippen LogP contribution in [0.25, 0.3) is 10.4 Å². The van der Waals surface area contributed by atoms with Gasteiger partial charge in [0.2, 0.25) is 0 Å². The van der Waals surface area contributed by atoms with Gasteiger partial charge >= 0.3 is 5.97 Å². The van der Waals surface area contributed by atoms with Crippen LogP contribution in [0.5, 0.6) is 0 Å². The van der Waals surface area contributed by atoms with Crippen LogP contribution in [-0.4, -0.2) is 29.7 Å². The van der Waals surface area contributed by atoms with Crippen molar-refractivity contribution in [2.75, 3.05) is 13.1 Å². The van der Waals surface area contributed by atoms with Crippen molar-refractivity contribution in [1.29, 1.82) is 0 Å². The lowest BCUT2D eigenvalue weighted by molar-refractivity contribution is -0.152. The Labute approximate surface area is 120 Å². The molecule has 2 N–H and O–H groups in total. The fourth-order valence-corrected chi connectivity index (χ4v) is 3.39. The minimum absolute atomic E-state index is 0.0450. The summed E-state index contributed by atoms with van der Waals surface area (Å²) >= 11 is 0. The van der Waals surface area contributed by atoms with Crippen molar-refractivity contribution in [3.05, 3.63) is 10.4 Å². The lowest BCUT2D eigenvalue weighted by Crippen LogP contribution is -2.62. The maximum Gasteiger partial charge on any atom is 0.324 e. The molecule has 6 heteroatoms. The molecule has 2 atom stereocenters. The van der Waals surface area contributed by atoms with Gasteiger partial charge in [-0.05, 0) is 42.7 Å². The van der Waals surface area contributed by atoms with Crippen LogP contribution in [0.15, 0.2) is 5.11 Å². The Morgan fingerprint density at radius 2 is 2.20 bits per heavy atom. The van der Waals surface area contributed by atoms with E-state index >= 15 is 0 Å². The number of nitrogens with zero attached hydrogens (tertiary/aromatic N) is 3. The zero-order chi connectivity index (χ0) is 15.2. The zero-order valence-corrected chi connectivity index (χ0v) is 12.7. The smallest absolute Gasteiger partial charge is 0.324 e. The van der Waals surface area contributed by atoms with E-state index in [9.17, 15) is 9.90 Å².